The van der Waals surface area contributed by atoms with Gasteiger partial charge in [0.05, 0.1) is 6.10 Å². The zero-order valence-corrected chi connectivity index (χ0v) is 8.42. The lowest BCUT2D eigenvalue weighted by atomic mass is 9.94. The van der Waals surface area contributed by atoms with E-state index in [0.717, 1.165) is 32.1 Å². The second-order valence-corrected chi connectivity index (χ2v) is 3.40. The van der Waals surface area contributed by atoms with Crippen LogP contribution >= 0.6 is 0 Å². The molecule has 12 heavy (non-hydrogen) atoms. The van der Waals surface area contributed by atoms with E-state index < -0.39 is 0 Å². The molecule has 0 aliphatic heterocycles. The molecule has 72 valence electrons. The van der Waals surface area contributed by atoms with Crippen molar-refractivity contribution in [2.45, 2.75) is 52.1 Å². The van der Waals surface area contributed by atoms with Gasteiger partial charge in [0.2, 0.25) is 0 Å². The molecular formula is C11H22O. The predicted octanol–water partition coefficient (Wildman–Crippen LogP) is 3.14. The van der Waals surface area contributed by atoms with Gasteiger partial charge in [-0.05, 0) is 12.8 Å². The Hall–Kier alpha value is -0.300. The molecule has 0 saturated carbocycles. The van der Waals surface area contributed by atoms with Crippen molar-refractivity contribution in [2.24, 2.45) is 5.92 Å². The van der Waals surface area contributed by atoms with Crippen molar-refractivity contribution in [1.82, 2.24) is 0 Å². The normalized spacial score (nSPS) is 15.6. The Kier molecular flexibility index (Phi) is 7.17. The molecule has 0 aliphatic carbocycles. The quantitative estimate of drug-likeness (QED) is 0.582. The summed E-state index contributed by atoms with van der Waals surface area (Å²) >= 11 is 0. The van der Waals surface area contributed by atoms with Gasteiger partial charge in [0.1, 0.15) is 0 Å². The summed E-state index contributed by atoms with van der Waals surface area (Å²) in [5.41, 5.74) is 0. The molecular weight excluding hydrogens is 148 g/mol. The molecule has 0 bridgehead atoms. The minimum Gasteiger partial charge on any atom is -0.393 e. The van der Waals surface area contributed by atoms with Gasteiger partial charge >= 0.3 is 0 Å². The number of aliphatic hydroxyl groups excluding tert-OH is 1. The number of aliphatic hydroxyl groups is 1. The molecule has 0 aliphatic rings. The van der Waals surface area contributed by atoms with Crippen molar-refractivity contribution in [3.63, 3.8) is 0 Å². The summed E-state index contributed by atoms with van der Waals surface area (Å²) in [5, 5.41) is 9.70. The Morgan fingerprint density at radius 3 is 2.33 bits per heavy atom. The molecule has 0 amide bonds. The van der Waals surface area contributed by atoms with E-state index in [1.54, 1.807) is 0 Å². The fraction of sp³-hybridized carbons (Fsp3) is 0.818. The van der Waals surface area contributed by atoms with Crippen molar-refractivity contribution in [3.05, 3.63) is 12.7 Å². The van der Waals surface area contributed by atoms with Crippen LogP contribution in [0.5, 0.6) is 0 Å². The van der Waals surface area contributed by atoms with Gasteiger partial charge in [0, 0.05) is 5.92 Å². The molecule has 0 heterocycles. The molecule has 1 N–H and O–H groups in total. The Labute approximate surface area is 76.5 Å². The molecule has 0 aromatic heterocycles. The third-order valence-electron chi connectivity index (χ3n) is 2.27. The Morgan fingerprint density at radius 2 is 1.92 bits per heavy atom. The topological polar surface area (TPSA) is 20.2 Å². The average Bonchev–Trinajstić information content (AvgIpc) is 2.10. The van der Waals surface area contributed by atoms with E-state index >= 15 is 0 Å². The molecule has 0 rings (SSSR count). The molecule has 0 radical (unpaired) electrons. The number of unbranched alkanes of at least 4 members (excludes halogenated alkanes) is 1. The Bertz CT molecular complexity index is 110. The Balaban J connectivity index is 3.68. The third-order valence-corrected chi connectivity index (χ3v) is 2.27. The van der Waals surface area contributed by atoms with Gasteiger partial charge in [-0.1, -0.05) is 39.2 Å². The fourth-order valence-corrected chi connectivity index (χ4v) is 1.43. The summed E-state index contributed by atoms with van der Waals surface area (Å²) in [4.78, 5) is 0. The van der Waals surface area contributed by atoms with Gasteiger partial charge in [-0.15, -0.1) is 6.58 Å². The van der Waals surface area contributed by atoms with E-state index in [-0.39, 0.29) is 6.10 Å². The molecule has 0 aromatic rings. The zero-order valence-electron chi connectivity index (χ0n) is 8.42. The number of hydrogen-bond donors (Lipinski definition) is 1. The first-order chi connectivity index (χ1) is 5.76. The molecule has 2 atom stereocenters. The first kappa shape index (κ1) is 11.7. The summed E-state index contributed by atoms with van der Waals surface area (Å²) in [6, 6.07) is 0. The maximum absolute atomic E-state index is 9.70. The monoisotopic (exact) mass is 170 g/mol. The molecule has 0 aromatic carbocycles. The van der Waals surface area contributed by atoms with Crippen LogP contribution in [0.1, 0.15) is 46.0 Å². The van der Waals surface area contributed by atoms with E-state index in [0.29, 0.717) is 5.92 Å². The molecule has 0 saturated heterocycles. The van der Waals surface area contributed by atoms with Crippen LogP contribution in [-0.2, 0) is 0 Å². The van der Waals surface area contributed by atoms with E-state index in [1.165, 1.54) is 0 Å². The van der Waals surface area contributed by atoms with Crippen LogP contribution in [0.4, 0.5) is 0 Å². The summed E-state index contributed by atoms with van der Waals surface area (Å²) in [5.74, 6) is 0.307. The van der Waals surface area contributed by atoms with Crippen LogP contribution < -0.4 is 0 Å². The van der Waals surface area contributed by atoms with Crippen molar-refractivity contribution >= 4 is 0 Å². The van der Waals surface area contributed by atoms with Crippen LogP contribution in [-0.4, -0.2) is 11.2 Å². The highest BCUT2D eigenvalue weighted by Gasteiger charge is 2.13. The van der Waals surface area contributed by atoms with E-state index in [2.05, 4.69) is 20.4 Å². The lowest BCUT2D eigenvalue weighted by Gasteiger charge is -2.18. The smallest absolute Gasteiger partial charge is 0.0602 e. The molecule has 0 fully saturated rings. The van der Waals surface area contributed by atoms with Crippen LogP contribution in [0.2, 0.25) is 0 Å². The largest absolute Gasteiger partial charge is 0.393 e. The van der Waals surface area contributed by atoms with E-state index in [9.17, 15) is 5.11 Å². The summed E-state index contributed by atoms with van der Waals surface area (Å²) in [6.07, 6.45) is 7.12. The van der Waals surface area contributed by atoms with Gasteiger partial charge in [-0.25, -0.2) is 0 Å². The van der Waals surface area contributed by atoms with Gasteiger partial charge < -0.3 is 5.11 Å². The van der Waals surface area contributed by atoms with Crippen LogP contribution in [0.25, 0.3) is 0 Å². The molecule has 0 spiro atoms. The van der Waals surface area contributed by atoms with Crippen LogP contribution in [0.3, 0.4) is 0 Å². The lowest BCUT2D eigenvalue weighted by Crippen LogP contribution is -2.17. The highest BCUT2D eigenvalue weighted by Crippen LogP contribution is 2.17. The first-order valence-corrected chi connectivity index (χ1v) is 5.06. The first-order valence-electron chi connectivity index (χ1n) is 5.06. The van der Waals surface area contributed by atoms with Gasteiger partial charge in [-0.3, -0.25) is 0 Å². The third kappa shape index (κ3) is 4.55. The van der Waals surface area contributed by atoms with Crippen molar-refractivity contribution in [3.8, 4) is 0 Å². The fourth-order valence-electron chi connectivity index (χ4n) is 1.43. The van der Waals surface area contributed by atoms with Gasteiger partial charge in [0.25, 0.3) is 0 Å². The summed E-state index contributed by atoms with van der Waals surface area (Å²) in [6.45, 7) is 8.04. The van der Waals surface area contributed by atoms with E-state index in [1.807, 2.05) is 6.08 Å². The second-order valence-electron chi connectivity index (χ2n) is 3.40. The van der Waals surface area contributed by atoms with Crippen molar-refractivity contribution in [2.75, 3.05) is 0 Å². The average molecular weight is 170 g/mol. The molecule has 2 unspecified atom stereocenters. The minimum absolute atomic E-state index is 0.164. The molecule has 1 heteroatoms. The van der Waals surface area contributed by atoms with Crippen LogP contribution in [0.15, 0.2) is 12.7 Å². The standard InChI is InChI=1S/C11H22O/c1-4-7-9-11(12)10(6-3)8-5-2/h6,10-12H,3-5,7-9H2,1-2H3. The summed E-state index contributed by atoms with van der Waals surface area (Å²) < 4.78 is 0. The Morgan fingerprint density at radius 1 is 1.25 bits per heavy atom. The van der Waals surface area contributed by atoms with Crippen LogP contribution in [0, 0.1) is 5.92 Å². The van der Waals surface area contributed by atoms with Gasteiger partial charge in [0.15, 0.2) is 0 Å². The van der Waals surface area contributed by atoms with Crippen molar-refractivity contribution < 1.29 is 5.11 Å². The predicted molar refractivity (Wildman–Crippen MR) is 54.1 cm³/mol. The SMILES string of the molecule is C=CC(CCC)C(O)CCCC. The minimum atomic E-state index is -0.164. The summed E-state index contributed by atoms with van der Waals surface area (Å²) in [7, 11) is 0. The second kappa shape index (κ2) is 7.35. The number of rotatable bonds is 7. The van der Waals surface area contributed by atoms with E-state index in [4.69, 9.17) is 0 Å². The highest BCUT2D eigenvalue weighted by molar-refractivity contribution is 4.84. The van der Waals surface area contributed by atoms with Crippen molar-refractivity contribution in [1.29, 1.82) is 0 Å². The zero-order chi connectivity index (χ0) is 9.40. The maximum atomic E-state index is 9.70. The molecule has 1 nitrogen and oxygen atoms in total. The number of hydrogen-bond acceptors (Lipinski definition) is 1. The highest BCUT2D eigenvalue weighted by atomic mass is 16.3. The van der Waals surface area contributed by atoms with Gasteiger partial charge in [-0.2, -0.15) is 0 Å². The lowest BCUT2D eigenvalue weighted by molar-refractivity contribution is 0.113. The maximum Gasteiger partial charge on any atom is 0.0602 e.